The summed E-state index contributed by atoms with van der Waals surface area (Å²) < 4.78 is 39.6. The topological polar surface area (TPSA) is 55.4 Å². The first kappa shape index (κ1) is 31.7. The minimum absolute atomic E-state index is 0.277. The zero-order valence-electron chi connectivity index (χ0n) is 25.8. The molecular weight excluding hydrogens is 576 g/mol. The molecule has 6 heteroatoms. The summed E-state index contributed by atoms with van der Waals surface area (Å²) in [5, 5.41) is 0. The van der Waals surface area contributed by atoms with Gasteiger partial charge in [-0.2, -0.15) is 0 Å². The van der Waals surface area contributed by atoms with Crippen LogP contribution in [-0.4, -0.2) is 37.3 Å². The zero-order valence-corrected chi connectivity index (χ0v) is 25.8. The Morgan fingerprint density at radius 2 is 0.804 bits per heavy atom. The third-order valence-corrected chi connectivity index (χ3v) is 7.84. The van der Waals surface area contributed by atoms with Crippen LogP contribution in [0.5, 0.6) is 5.75 Å². The van der Waals surface area contributed by atoms with Crippen molar-refractivity contribution < 1.29 is 28.4 Å². The second-order valence-electron chi connectivity index (χ2n) is 11.3. The standard InChI is InChI=1S/C40H40O6/c1-6-16-31(17-7-1)26-41-30-36-37(42-27-32-18-8-2-9-19-32)38(43-28-33-20-10-3-11-21-33)39(44-29-34-22-12-4-13-23-34)40(46-36)45-35-24-14-5-15-25-35/h1-25,36-40H,26-30H2/t36-,37-,38+,39-,40+/m1/s1. The maximum atomic E-state index is 6.77. The van der Waals surface area contributed by atoms with Gasteiger partial charge in [-0.15, -0.1) is 0 Å². The van der Waals surface area contributed by atoms with Crippen LogP contribution >= 0.6 is 0 Å². The lowest BCUT2D eigenvalue weighted by atomic mass is 9.97. The molecule has 5 aromatic carbocycles. The second kappa shape index (κ2) is 16.9. The Morgan fingerprint density at radius 1 is 0.413 bits per heavy atom. The van der Waals surface area contributed by atoms with Crippen LogP contribution in [0.1, 0.15) is 22.3 Å². The van der Waals surface area contributed by atoms with Crippen LogP contribution in [0, 0.1) is 0 Å². The molecule has 0 aromatic heterocycles. The van der Waals surface area contributed by atoms with Crippen LogP contribution in [-0.2, 0) is 50.1 Å². The fraction of sp³-hybridized carbons (Fsp3) is 0.250. The molecule has 5 atom stereocenters. The maximum absolute atomic E-state index is 6.77. The van der Waals surface area contributed by atoms with E-state index >= 15 is 0 Å². The number of benzene rings is 5. The summed E-state index contributed by atoms with van der Waals surface area (Å²) in [5.74, 6) is 0.676. The average Bonchev–Trinajstić information content (AvgIpc) is 3.12. The zero-order chi connectivity index (χ0) is 31.2. The van der Waals surface area contributed by atoms with Gasteiger partial charge in [-0.3, -0.25) is 0 Å². The van der Waals surface area contributed by atoms with Crippen LogP contribution in [0.2, 0.25) is 0 Å². The first-order chi connectivity index (χ1) is 22.8. The monoisotopic (exact) mass is 616 g/mol. The van der Waals surface area contributed by atoms with Crippen LogP contribution in [0.4, 0.5) is 0 Å². The van der Waals surface area contributed by atoms with Crippen molar-refractivity contribution in [3.05, 3.63) is 174 Å². The van der Waals surface area contributed by atoms with Crippen molar-refractivity contribution in [2.24, 2.45) is 0 Å². The first-order valence-corrected chi connectivity index (χ1v) is 15.8. The Morgan fingerprint density at radius 3 is 1.28 bits per heavy atom. The summed E-state index contributed by atoms with van der Waals surface area (Å²) in [7, 11) is 0. The normalized spacial score (nSPS) is 21.1. The smallest absolute Gasteiger partial charge is 0.229 e. The molecule has 6 nitrogen and oxygen atoms in total. The highest BCUT2D eigenvalue weighted by Crippen LogP contribution is 2.32. The molecule has 46 heavy (non-hydrogen) atoms. The lowest BCUT2D eigenvalue weighted by Crippen LogP contribution is -2.62. The molecule has 1 fully saturated rings. The van der Waals surface area contributed by atoms with Gasteiger partial charge in [0.25, 0.3) is 0 Å². The number of rotatable bonds is 15. The van der Waals surface area contributed by atoms with E-state index in [9.17, 15) is 0 Å². The summed E-state index contributed by atoms with van der Waals surface area (Å²) in [4.78, 5) is 0. The van der Waals surface area contributed by atoms with E-state index in [2.05, 4.69) is 24.3 Å². The van der Waals surface area contributed by atoms with Crippen molar-refractivity contribution in [3.63, 3.8) is 0 Å². The van der Waals surface area contributed by atoms with E-state index in [0.29, 0.717) is 32.2 Å². The van der Waals surface area contributed by atoms with Crippen molar-refractivity contribution in [2.45, 2.75) is 57.1 Å². The van der Waals surface area contributed by atoms with Gasteiger partial charge in [0.2, 0.25) is 6.29 Å². The van der Waals surface area contributed by atoms with Crippen molar-refractivity contribution in [1.82, 2.24) is 0 Å². The molecule has 1 heterocycles. The quantitative estimate of drug-likeness (QED) is 0.120. The first-order valence-electron chi connectivity index (χ1n) is 15.8. The molecule has 0 aliphatic carbocycles. The Labute approximate surface area is 271 Å². The highest BCUT2D eigenvalue weighted by molar-refractivity contribution is 5.22. The largest absolute Gasteiger partial charge is 0.462 e. The lowest BCUT2D eigenvalue weighted by Gasteiger charge is -2.45. The summed E-state index contributed by atoms with van der Waals surface area (Å²) >= 11 is 0. The van der Waals surface area contributed by atoms with Crippen LogP contribution in [0.15, 0.2) is 152 Å². The van der Waals surface area contributed by atoms with E-state index in [0.717, 1.165) is 22.3 Å². The Kier molecular flexibility index (Phi) is 11.6. The van der Waals surface area contributed by atoms with Crippen LogP contribution in [0.25, 0.3) is 0 Å². The second-order valence-corrected chi connectivity index (χ2v) is 11.3. The van der Waals surface area contributed by atoms with Gasteiger partial charge in [0.05, 0.1) is 33.0 Å². The fourth-order valence-electron chi connectivity index (χ4n) is 5.48. The van der Waals surface area contributed by atoms with E-state index < -0.39 is 30.7 Å². The van der Waals surface area contributed by atoms with Crippen molar-refractivity contribution in [1.29, 1.82) is 0 Å². The third kappa shape index (κ3) is 9.13. The Balaban J connectivity index is 1.31. The van der Waals surface area contributed by atoms with Crippen molar-refractivity contribution in [2.75, 3.05) is 6.61 Å². The summed E-state index contributed by atoms with van der Waals surface area (Å²) in [6, 6.07) is 50.1. The van der Waals surface area contributed by atoms with Gasteiger partial charge >= 0.3 is 0 Å². The van der Waals surface area contributed by atoms with Gasteiger partial charge in [0.1, 0.15) is 30.2 Å². The van der Waals surface area contributed by atoms with Crippen molar-refractivity contribution in [3.8, 4) is 5.75 Å². The molecule has 0 unspecified atom stereocenters. The van der Waals surface area contributed by atoms with Gasteiger partial charge in [-0.25, -0.2) is 0 Å². The number of ether oxygens (including phenoxy) is 6. The molecule has 1 aliphatic heterocycles. The molecule has 5 aromatic rings. The molecule has 1 aliphatic rings. The summed E-state index contributed by atoms with van der Waals surface area (Å²) in [6.07, 6.45) is -2.96. The van der Waals surface area contributed by atoms with E-state index in [4.69, 9.17) is 28.4 Å². The lowest BCUT2D eigenvalue weighted by molar-refractivity contribution is -0.310. The predicted octanol–water partition coefficient (Wildman–Crippen LogP) is 7.76. The highest BCUT2D eigenvalue weighted by atomic mass is 16.7. The molecule has 0 N–H and O–H groups in total. The molecule has 6 rings (SSSR count). The van der Waals surface area contributed by atoms with Crippen molar-refractivity contribution >= 4 is 0 Å². The van der Waals surface area contributed by atoms with Crippen LogP contribution < -0.4 is 4.74 Å². The molecular formula is C40H40O6. The Bertz CT molecular complexity index is 1540. The SMILES string of the molecule is c1ccc(COC[C@H]2O[C@H](Oc3ccccc3)[C@H](OCc3ccccc3)[C@@H](OCc3ccccc3)[C@@H]2OCc2ccccc2)cc1. The van der Waals surface area contributed by atoms with Gasteiger partial charge in [0, 0.05) is 0 Å². The minimum Gasteiger partial charge on any atom is -0.462 e. The number of hydrogen-bond acceptors (Lipinski definition) is 6. The molecule has 1 saturated heterocycles. The maximum Gasteiger partial charge on any atom is 0.229 e. The molecule has 0 radical (unpaired) electrons. The highest BCUT2D eigenvalue weighted by Gasteiger charge is 2.49. The molecule has 0 amide bonds. The Hall–Kier alpha value is -4.30. The fourth-order valence-corrected chi connectivity index (χ4v) is 5.48. The van der Waals surface area contributed by atoms with E-state index in [1.54, 1.807) is 0 Å². The molecule has 0 bridgehead atoms. The van der Waals surface area contributed by atoms with E-state index in [1.807, 2.05) is 127 Å². The predicted molar refractivity (Wildman–Crippen MR) is 177 cm³/mol. The van der Waals surface area contributed by atoms with Gasteiger partial charge in [-0.05, 0) is 34.4 Å². The molecule has 0 saturated carbocycles. The third-order valence-electron chi connectivity index (χ3n) is 7.84. The van der Waals surface area contributed by atoms with Gasteiger partial charge in [-0.1, -0.05) is 140 Å². The minimum atomic E-state index is -0.784. The molecule has 236 valence electrons. The molecule has 0 spiro atoms. The average molecular weight is 617 g/mol. The van der Waals surface area contributed by atoms with Crippen LogP contribution in [0.3, 0.4) is 0 Å². The van der Waals surface area contributed by atoms with E-state index in [-0.39, 0.29) is 6.61 Å². The van der Waals surface area contributed by atoms with Gasteiger partial charge < -0.3 is 28.4 Å². The van der Waals surface area contributed by atoms with Gasteiger partial charge in [0.15, 0.2) is 0 Å². The number of para-hydroxylation sites is 1. The van der Waals surface area contributed by atoms with E-state index in [1.165, 1.54) is 0 Å². The summed E-state index contributed by atoms with van der Waals surface area (Å²) in [6.45, 7) is 1.83. The summed E-state index contributed by atoms with van der Waals surface area (Å²) in [5.41, 5.74) is 4.23. The number of hydrogen-bond donors (Lipinski definition) is 0.